The molecule has 1 saturated heterocycles. The van der Waals surface area contributed by atoms with Crippen LogP contribution >= 0.6 is 11.8 Å². The van der Waals surface area contributed by atoms with Gasteiger partial charge in [-0.2, -0.15) is 0 Å². The maximum atomic E-state index is 12.3. The third kappa shape index (κ3) is 4.90. The molecular formula is C22H26N4O2S. The number of carbonyl (C=O) groups is 2. The lowest BCUT2D eigenvalue weighted by molar-refractivity contribution is -0.122. The van der Waals surface area contributed by atoms with Crippen LogP contribution in [0.5, 0.6) is 0 Å². The molecule has 0 spiro atoms. The number of piperidine rings is 1. The molecule has 1 atom stereocenters. The molecule has 1 aromatic carbocycles. The molecule has 29 heavy (non-hydrogen) atoms. The first-order chi connectivity index (χ1) is 14.1. The molecule has 0 radical (unpaired) electrons. The minimum Gasteiger partial charge on any atom is -0.369 e. The average molecular weight is 411 g/mol. The van der Waals surface area contributed by atoms with Crippen molar-refractivity contribution in [2.24, 2.45) is 11.7 Å². The van der Waals surface area contributed by atoms with Crippen molar-refractivity contribution in [2.75, 3.05) is 29.1 Å². The molecular weight excluding hydrogens is 384 g/mol. The number of nitrogens with two attached hydrogens (primary N) is 1. The van der Waals surface area contributed by atoms with Crippen molar-refractivity contribution in [3.05, 3.63) is 47.7 Å². The van der Waals surface area contributed by atoms with Gasteiger partial charge in [0.2, 0.25) is 11.8 Å². The zero-order valence-electron chi connectivity index (χ0n) is 16.4. The first kappa shape index (κ1) is 19.8. The summed E-state index contributed by atoms with van der Waals surface area (Å²) in [6.45, 7) is 1.46. The number of fused-ring (bicyclic) bond motifs is 1. The van der Waals surface area contributed by atoms with Crippen LogP contribution in [0.1, 0.15) is 30.4 Å². The fourth-order valence-corrected chi connectivity index (χ4v) is 4.81. The second-order valence-corrected chi connectivity index (χ2v) is 8.76. The van der Waals surface area contributed by atoms with Gasteiger partial charge in [0.1, 0.15) is 5.82 Å². The second kappa shape index (κ2) is 8.86. The number of hydrogen-bond donors (Lipinski definition) is 2. The maximum Gasteiger partial charge on any atom is 0.234 e. The molecule has 152 valence electrons. The molecule has 1 fully saturated rings. The third-order valence-electron chi connectivity index (χ3n) is 5.62. The molecule has 3 N–H and O–H groups in total. The molecule has 7 heteroatoms. The van der Waals surface area contributed by atoms with Crippen LogP contribution in [0.3, 0.4) is 0 Å². The Kier molecular flexibility index (Phi) is 6.04. The van der Waals surface area contributed by atoms with E-state index in [1.807, 2.05) is 12.1 Å². The number of rotatable bonds is 6. The van der Waals surface area contributed by atoms with Gasteiger partial charge in [-0.15, -0.1) is 11.8 Å². The summed E-state index contributed by atoms with van der Waals surface area (Å²) in [7, 11) is 0. The van der Waals surface area contributed by atoms with Gasteiger partial charge in [-0.1, -0.05) is 6.07 Å². The number of aryl methyl sites for hydroxylation is 2. The summed E-state index contributed by atoms with van der Waals surface area (Å²) in [5.41, 5.74) is 8.99. The Hall–Kier alpha value is -2.54. The van der Waals surface area contributed by atoms with E-state index in [1.165, 1.54) is 24.0 Å². The Bertz CT molecular complexity index is 900. The fraction of sp³-hybridized carbons (Fsp3) is 0.409. The summed E-state index contributed by atoms with van der Waals surface area (Å²) in [5, 5.41) is 2.91. The lowest BCUT2D eigenvalue weighted by Crippen LogP contribution is -2.41. The van der Waals surface area contributed by atoms with Crippen molar-refractivity contribution in [3.8, 4) is 0 Å². The Morgan fingerprint density at radius 1 is 1.17 bits per heavy atom. The number of amides is 2. The number of pyridine rings is 1. The van der Waals surface area contributed by atoms with Crippen molar-refractivity contribution >= 4 is 35.1 Å². The van der Waals surface area contributed by atoms with Crippen molar-refractivity contribution in [1.82, 2.24) is 4.98 Å². The number of hydrogen-bond acceptors (Lipinski definition) is 5. The van der Waals surface area contributed by atoms with Crippen molar-refractivity contribution in [1.29, 1.82) is 0 Å². The van der Waals surface area contributed by atoms with Gasteiger partial charge in [-0.05, 0) is 67.5 Å². The average Bonchev–Trinajstić information content (AvgIpc) is 3.21. The number of nitrogens with zero attached hydrogens (tertiary/aromatic N) is 2. The molecule has 1 aliphatic heterocycles. The highest BCUT2D eigenvalue weighted by molar-refractivity contribution is 8.00. The zero-order valence-corrected chi connectivity index (χ0v) is 17.2. The smallest absolute Gasteiger partial charge is 0.234 e. The predicted octanol–water partition coefficient (Wildman–Crippen LogP) is 3.00. The number of carbonyl (C=O) groups excluding carboxylic acids is 2. The summed E-state index contributed by atoms with van der Waals surface area (Å²) < 4.78 is 0. The van der Waals surface area contributed by atoms with E-state index in [9.17, 15) is 9.59 Å². The maximum absolute atomic E-state index is 12.3. The first-order valence-corrected chi connectivity index (χ1v) is 11.1. The summed E-state index contributed by atoms with van der Waals surface area (Å²) in [4.78, 5) is 31.4. The molecule has 0 saturated carbocycles. The van der Waals surface area contributed by atoms with Gasteiger partial charge < -0.3 is 16.0 Å². The van der Waals surface area contributed by atoms with Gasteiger partial charge in [0, 0.05) is 18.0 Å². The molecule has 2 amide bonds. The zero-order chi connectivity index (χ0) is 20.2. The van der Waals surface area contributed by atoms with Gasteiger partial charge >= 0.3 is 0 Å². The molecule has 2 aliphatic rings. The summed E-state index contributed by atoms with van der Waals surface area (Å²) in [6, 6.07) is 10.3. The second-order valence-electron chi connectivity index (χ2n) is 7.71. The minimum absolute atomic E-state index is 0.0446. The van der Waals surface area contributed by atoms with Gasteiger partial charge in [-0.25, -0.2) is 4.98 Å². The molecule has 2 aromatic rings. The van der Waals surface area contributed by atoms with Gasteiger partial charge in [0.15, 0.2) is 0 Å². The number of primary amides is 1. The Labute approximate surface area is 175 Å². The molecule has 0 bridgehead atoms. The van der Waals surface area contributed by atoms with E-state index >= 15 is 0 Å². The third-order valence-corrected chi connectivity index (χ3v) is 6.61. The normalized spacial score (nSPS) is 18.3. The molecule has 4 rings (SSSR count). The topological polar surface area (TPSA) is 88.3 Å². The van der Waals surface area contributed by atoms with Crippen LogP contribution in [0.15, 0.2) is 41.4 Å². The monoisotopic (exact) mass is 410 g/mol. The van der Waals surface area contributed by atoms with E-state index in [0.717, 1.165) is 36.5 Å². The van der Waals surface area contributed by atoms with Crippen molar-refractivity contribution in [3.63, 3.8) is 0 Å². The Balaban J connectivity index is 1.29. The minimum atomic E-state index is -0.251. The number of anilines is 2. The van der Waals surface area contributed by atoms with Crippen LogP contribution in [-0.4, -0.2) is 35.6 Å². The Morgan fingerprint density at radius 2 is 2.03 bits per heavy atom. The van der Waals surface area contributed by atoms with Crippen molar-refractivity contribution < 1.29 is 9.59 Å². The number of nitrogens with one attached hydrogen (secondary N) is 1. The Morgan fingerprint density at radius 3 is 2.83 bits per heavy atom. The van der Waals surface area contributed by atoms with E-state index in [-0.39, 0.29) is 17.7 Å². The predicted molar refractivity (Wildman–Crippen MR) is 116 cm³/mol. The summed E-state index contributed by atoms with van der Waals surface area (Å²) in [6.07, 6.45) is 6.97. The van der Waals surface area contributed by atoms with E-state index in [1.54, 1.807) is 18.0 Å². The highest BCUT2D eigenvalue weighted by atomic mass is 32.2. The lowest BCUT2D eigenvalue weighted by atomic mass is 9.97. The molecule has 2 heterocycles. The standard InChI is InChI=1S/C22H26N4O2S/c23-22(28)17-5-2-10-26(13-17)20-9-7-18(12-24-20)25-21(27)14-29-19-8-6-15-3-1-4-16(15)11-19/h6-9,11-12,17H,1-5,10,13-14H2,(H2,23,28)(H,25,27). The summed E-state index contributed by atoms with van der Waals surface area (Å²) in [5.74, 6) is 0.756. The lowest BCUT2D eigenvalue weighted by Gasteiger charge is -2.32. The van der Waals surface area contributed by atoms with Crippen LogP contribution in [0.25, 0.3) is 0 Å². The first-order valence-electron chi connectivity index (χ1n) is 10.1. The van der Waals surface area contributed by atoms with Crippen LogP contribution < -0.4 is 16.0 Å². The molecule has 1 unspecified atom stereocenters. The van der Waals surface area contributed by atoms with E-state index in [2.05, 4.69) is 33.4 Å². The highest BCUT2D eigenvalue weighted by Gasteiger charge is 2.24. The van der Waals surface area contributed by atoms with Crippen LogP contribution in [-0.2, 0) is 22.4 Å². The number of aromatic nitrogens is 1. The van der Waals surface area contributed by atoms with Crippen molar-refractivity contribution in [2.45, 2.75) is 37.0 Å². The van der Waals surface area contributed by atoms with Gasteiger partial charge in [-0.3, -0.25) is 9.59 Å². The van der Waals surface area contributed by atoms with E-state index in [4.69, 9.17) is 5.73 Å². The van der Waals surface area contributed by atoms with E-state index in [0.29, 0.717) is 18.0 Å². The SMILES string of the molecule is NC(=O)C1CCCN(c2ccc(NC(=O)CSc3ccc4c(c3)CCC4)cn2)C1. The van der Waals surface area contributed by atoms with Gasteiger partial charge in [0.25, 0.3) is 0 Å². The summed E-state index contributed by atoms with van der Waals surface area (Å²) >= 11 is 1.56. The fourth-order valence-electron chi connectivity index (χ4n) is 4.05. The molecule has 6 nitrogen and oxygen atoms in total. The quantitative estimate of drug-likeness (QED) is 0.715. The van der Waals surface area contributed by atoms with Gasteiger partial charge in [0.05, 0.1) is 23.6 Å². The number of benzene rings is 1. The largest absolute Gasteiger partial charge is 0.369 e. The number of thioether (sulfide) groups is 1. The van der Waals surface area contributed by atoms with Crippen LogP contribution in [0.4, 0.5) is 11.5 Å². The highest BCUT2D eigenvalue weighted by Crippen LogP contribution is 2.28. The van der Waals surface area contributed by atoms with Crippen LogP contribution in [0, 0.1) is 5.92 Å². The van der Waals surface area contributed by atoms with Crippen LogP contribution in [0.2, 0.25) is 0 Å². The molecule has 1 aromatic heterocycles. The van der Waals surface area contributed by atoms with E-state index < -0.39 is 0 Å². The molecule has 1 aliphatic carbocycles.